The minimum absolute atomic E-state index is 0.163. The Hall–Kier alpha value is -2.35. The van der Waals surface area contributed by atoms with E-state index in [0.717, 1.165) is 0 Å². The van der Waals surface area contributed by atoms with E-state index in [2.05, 4.69) is 20.3 Å². The van der Waals surface area contributed by atoms with E-state index in [0.29, 0.717) is 28.8 Å². The van der Waals surface area contributed by atoms with Crippen molar-refractivity contribution in [2.75, 3.05) is 7.11 Å². The van der Waals surface area contributed by atoms with Crippen LogP contribution in [0.2, 0.25) is 0 Å². The maximum atomic E-state index is 12.1. The minimum atomic E-state index is -0.398. The lowest BCUT2D eigenvalue weighted by Gasteiger charge is -2.11. The summed E-state index contributed by atoms with van der Waals surface area (Å²) < 4.78 is 5.11. The van der Waals surface area contributed by atoms with Crippen LogP contribution in [0.15, 0.2) is 34.3 Å². The topological polar surface area (TPSA) is 97.0 Å². The number of aromatic amines is 1. The third-order valence-electron chi connectivity index (χ3n) is 2.97. The lowest BCUT2D eigenvalue weighted by atomic mass is 10.3. The average Bonchev–Trinajstić information content (AvgIpc) is 2.51. The number of carbonyl (C=O) groups is 1. The molecule has 8 heteroatoms. The molecule has 0 aliphatic carbocycles. The van der Waals surface area contributed by atoms with Crippen molar-refractivity contribution >= 4 is 17.7 Å². The lowest BCUT2D eigenvalue weighted by Crippen LogP contribution is -2.31. The van der Waals surface area contributed by atoms with Crippen molar-refractivity contribution < 1.29 is 9.53 Å². The quantitative estimate of drug-likeness (QED) is 0.610. The first-order valence-corrected chi connectivity index (χ1v) is 7.87. The fourth-order valence-electron chi connectivity index (χ4n) is 1.83. The molecular weight excluding hydrogens is 316 g/mol. The van der Waals surface area contributed by atoms with Gasteiger partial charge in [-0.05, 0) is 19.9 Å². The number of thioether (sulfide) groups is 1. The van der Waals surface area contributed by atoms with Crippen LogP contribution in [0.1, 0.15) is 18.3 Å². The van der Waals surface area contributed by atoms with Gasteiger partial charge >= 0.3 is 0 Å². The maximum Gasteiger partial charge on any atom is 0.251 e. The summed E-state index contributed by atoms with van der Waals surface area (Å²) in [6, 6.07) is 4.91. The van der Waals surface area contributed by atoms with E-state index in [1.807, 2.05) is 0 Å². The molecule has 7 nitrogen and oxygen atoms in total. The Morgan fingerprint density at radius 2 is 2.26 bits per heavy atom. The van der Waals surface area contributed by atoms with Gasteiger partial charge in [-0.15, -0.1) is 0 Å². The molecule has 0 aliphatic rings. The maximum absolute atomic E-state index is 12.1. The highest BCUT2D eigenvalue weighted by Crippen LogP contribution is 2.18. The van der Waals surface area contributed by atoms with E-state index in [-0.39, 0.29) is 11.5 Å². The number of amides is 1. The number of hydrogen-bond acceptors (Lipinski definition) is 6. The number of aryl methyl sites for hydroxylation is 1. The number of pyridine rings is 1. The molecular formula is C15H18N4O3S. The Bertz CT molecular complexity index is 747. The SMILES string of the molecule is COc1ccnc(CNC(=O)C(C)Sc2nc(C)cc(=O)[nH]2)c1. The van der Waals surface area contributed by atoms with Crippen LogP contribution in [0.5, 0.6) is 5.75 Å². The normalized spacial score (nSPS) is 11.8. The summed E-state index contributed by atoms with van der Waals surface area (Å²) in [4.78, 5) is 34.5. The smallest absolute Gasteiger partial charge is 0.251 e. The summed E-state index contributed by atoms with van der Waals surface area (Å²) >= 11 is 1.20. The van der Waals surface area contributed by atoms with Crippen molar-refractivity contribution in [1.82, 2.24) is 20.3 Å². The summed E-state index contributed by atoms with van der Waals surface area (Å²) in [7, 11) is 1.58. The Kier molecular flexibility index (Phi) is 5.75. The molecule has 0 fully saturated rings. The second kappa shape index (κ2) is 7.77. The summed E-state index contributed by atoms with van der Waals surface area (Å²) in [5, 5.41) is 2.83. The molecule has 0 aliphatic heterocycles. The number of ether oxygens (including phenoxy) is 1. The van der Waals surface area contributed by atoms with Crippen LogP contribution in [0.25, 0.3) is 0 Å². The molecule has 0 bridgehead atoms. The van der Waals surface area contributed by atoms with Gasteiger partial charge in [0.15, 0.2) is 5.16 Å². The highest BCUT2D eigenvalue weighted by molar-refractivity contribution is 8.00. The van der Waals surface area contributed by atoms with Crippen LogP contribution in [0.3, 0.4) is 0 Å². The van der Waals surface area contributed by atoms with E-state index in [1.54, 1.807) is 39.3 Å². The van der Waals surface area contributed by atoms with Crippen LogP contribution in [0, 0.1) is 6.92 Å². The molecule has 122 valence electrons. The monoisotopic (exact) mass is 334 g/mol. The summed E-state index contributed by atoms with van der Waals surface area (Å²) in [5.74, 6) is 0.525. The fourth-order valence-corrected chi connectivity index (χ4v) is 2.71. The minimum Gasteiger partial charge on any atom is -0.497 e. The number of aromatic nitrogens is 3. The van der Waals surface area contributed by atoms with Crippen molar-refractivity contribution in [2.45, 2.75) is 30.8 Å². The van der Waals surface area contributed by atoms with Gasteiger partial charge in [-0.2, -0.15) is 0 Å². The van der Waals surface area contributed by atoms with Crippen molar-refractivity contribution in [3.63, 3.8) is 0 Å². The molecule has 2 heterocycles. The van der Waals surface area contributed by atoms with Crippen molar-refractivity contribution in [1.29, 1.82) is 0 Å². The molecule has 2 aromatic rings. The predicted octanol–water partition coefficient (Wildman–Crippen LogP) is 1.28. The fraction of sp³-hybridized carbons (Fsp3) is 0.333. The largest absolute Gasteiger partial charge is 0.497 e. The number of hydrogen-bond donors (Lipinski definition) is 2. The summed E-state index contributed by atoms with van der Waals surface area (Å²) in [6.45, 7) is 3.79. The van der Waals surface area contributed by atoms with Crippen molar-refractivity contribution in [2.24, 2.45) is 0 Å². The van der Waals surface area contributed by atoms with Gasteiger partial charge in [0.1, 0.15) is 5.75 Å². The van der Waals surface area contributed by atoms with E-state index in [9.17, 15) is 9.59 Å². The van der Waals surface area contributed by atoms with E-state index >= 15 is 0 Å². The van der Waals surface area contributed by atoms with Crippen LogP contribution in [-0.4, -0.2) is 33.2 Å². The van der Waals surface area contributed by atoms with Crippen molar-refractivity contribution in [3.05, 3.63) is 46.1 Å². The number of methoxy groups -OCH3 is 1. The number of nitrogens with zero attached hydrogens (tertiary/aromatic N) is 2. The van der Waals surface area contributed by atoms with Crippen LogP contribution in [0.4, 0.5) is 0 Å². The van der Waals surface area contributed by atoms with Crippen LogP contribution in [-0.2, 0) is 11.3 Å². The van der Waals surface area contributed by atoms with E-state index < -0.39 is 5.25 Å². The van der Waals surface area contributed by atoms with Gasteiger partial charge in [0, 0.05) is 24.0 Å². The first kappa shape index (κ1) is 17.0. The summed E-state index contributed by atoms with van der Waals surface area (Å²) in [6.07, 6.45) is 1.62. The first-order valence-electron chi connectivity index (χ1n) is 6.99. The zero-order valence-corrected chi connectivity index (χ0v) is 13.9. The molecule has 23 heavy (non-hydrogen) atoms. The third kappa shape index (κ3) is 5.10. The Labute approximate surface area is 137 Å². The molecule has 2 N–H and O–H groups in total. The molecule has 1 unspecified atom stereocenters. The molecule has 0 saturated heterocycles. The number of rotatable bonds is 6. The zero-order chi connectivity index (χ0) is 16.8. The van der Waals surface area contributed by atoms with Crippen LogP contribution < -0.4 is 15.6 Å². The number of nitrogens with one attached hydrogen (secondary N) is 2. The highest BCUT2D eigenvalue weighted by Gasteiger charge is 2.16. The predicted molar refractivity (Wildman–Crippen MR) is 87.5 cm³/mol. The molecule has 0 aromatic carbocycles. The third-order valence-corrected chi connectivity index (χ3v) is 3.96. The van der Waals surface area contributed by atoms with Gasteiger partial charge < -0.3 is 15.0 Å². The van der Waals surface area contributed by atoms with Gasteiger partial charge in [-0.3, -0.25) is 14.6 Å². The zero-order valence-electron chi connectivity index (χ0n) is 13.1. The second-order valence-corrected chi connectivity index (χ2v) is 6.19. The molecule has 0 saturated carbocycles. The standard InChI is InChI=1S/C15H18N4O3S/c1-9-6-13(20)19-15(18-9)23-10(2)14(21)17-8-11-7-12(22-3)4-5-16-11/h4-7,10H,8H2,1-3H3,(H,17,21)(H,18,19,20). The Balaban J connectivity index is 1.93. The first-order chi connectivity index (χ1) is 11.0. The average molecular weight is 334 g/mol. The van der Waals surface area contributed by atoms with Gasteiger partial charge in [0.2, 0.25) is 5.91 Å². The molecule has 1 atom stereocenters. The Morgan fingerprint density at radius 3 is 2.96 bits per heavy atom. The Morgan fingerprint density at radius 1 is 1.48 bits per heavy atom. The van der Waals surface area contributed by atoms with Gasteiger partial charge in [0.25, 0.3) is 5.56 Å². The molecule has 2 rings (SSSR count). The van der Waals surface area contributed by atoms with Crippen molar-refractivity contribution in [3.8, 4) is 5.75 Å². The molecule has 0 radical (unpaired) electrons. The van der Waals surface area contributed by atoms with Gasteiger partial charge in [-0.1, -0.05) is 11.8 Å². The highest BCUT2D eigenvalue weighted by atomic mass is 32.2. The molecule has 0 spiro atoms. The van der Waals surface area contributed by atoms with Crippen LogP contribution >= 0.6 is 11.8 Å². The number of carbonyl (C=O) groups excluding carboxylic acids is 1. The number of H-pyrrole nitrogens is 1. The van der Waals surface area contributed by atoms with E-state index in [4.69, 9.17) is 4.74 Å². The van der Waals surface area contributed by atoms with Gasteiger partial charge in [0.05, 0.1) is 24.6 Å². The lowest BCUT2D eigenvalue weighted by molar-refractivity contribution is -0.120. The molecule has 2 aromatic heterocycles. The molecule has 1 amide bonds. The van der Waals surface area contributed by atoms with Gasteiger partial charge in [-0.25, -0.2) is 4.98 Å². The van der Waals surface area contributed by atoms with E-state index in [1.165, 1.54) is 17.8 Å². The summed E-state index contributed by atoms with van der Waals surface area (Å²) in [5.41, 5.74) is 1.09. The second-order valence-electron chi connectivity index (χ2n) is 4.86.